The summed E-state index contributed by atoms with van der Waals surface area (Å²) in [7, 11) is 0. The molecule has 1 N–H and O–H groups in total. The van der Waals surface area contributed by atoms with E-state index in [2.05, 4.69) is 79.5 Å². The Labute approximate surface area is 127 Å². The van der Waals surface area contributed by atoms with Crippen LogP contribution in [-0.2, 0) is 13.0 Å². The van der Waals surface area contributed by atoms with Crippen molar-refractivity contribution in [3.63, 3.8) is 0 Å². The first-order valence-corrected chi connectivity index (χ1v) is 7.84. The van der Waals surface area contributed by atoms with Crippen LogP contribution in [0.25, 0.3) is 0 Å². The molecule has 2 aromatic rings. The summed E-state index contributed by atoms with van der Waals surface area (Å²) < 4.78 is 0. The fraction of sp³-hybridized carbons (Fsp3) is 0.368. The van der Waals surface area contributed by atoms with Crippen LogP contribution in [0.1, 0.15) is 31.9 Å². The zero-order valence-corrected chi connectivity index (χ0v) is 13.1. The van der Waals surface area contributed by atoms with E-state index >= 15 is 0 Å². The van der Waals surface area contributed by atoms with Crippen LogP contribution in [0.3, 0.4) is 0 Å². The first-order valence-electron chi connectivity index (χ1n) is 7.84. The number of para-hydroxylation sites is 1. The molecule has 21 heavy (non-hydrogen) atoms. The predicted molar refractivity (Wildman–Crippen MR) is 90.2 cm³/mol. The lowest BCUT2D eigenvalue weighted by atomic mass is 10.1. The first-order chi connectivity index (χ1) is 10.1. The van der Waals surface area contributed by atoms with Gasteiger partial charge in [-0.1, -0.05) is 44.2 Å². The van der Waals surface area contributed by atoms with Crippen LogP contribution >= 0.6 is 0 Å². The molecule has 0 bridgehead atoms. The van der Waals surface area contributed by atoms with Crippen molar-refractivity contribution < 1.29 is 0 Å². The molecule has 3 rings (SSSR count). The number of fused-ring (bicyclic) bond motifs is 1. The van der Waals surface area contributed by atoms with Crippen LogP contribution in [0.2, 0.25) is 0 Å². The average molecular weight is 280 g/mol. The summed E-state index contributed by atoms with van der Waals surface area (Å²) in [5.74, 6) is 0. The largest absolute Gasteiger partial charge is 0.338 e. The molecule has 0 saturated heterocycles. The number of nitrogens with one attached hydrogen (secondary N) is 1. The van der Waals surface area contributed by atoms with Gasteiger partial charge in [-0.3, -0.25) is 0 Å². The van der Waals surface area contributed by atoms with E-state index in [9.17, 15) is 0 Å². The Balaban J connectivity index is 1.81. The highest BCUT2D eigenvalue weighted by Gasteiger charge is 2.26. The summed E-state index contributed by atoms with van der Waals surface area (Å²) in [5.41, 5.74) is 5.45. The molecule has 1 aliphatic heterocycles. The maximum atomic E-state index is 3.46. The number of hydrogen-bond donors (Lipinski definition) is 1. The fourth-order valence-electron chi connectivity index (χ4n) is 3.06. The van der Waals surface area contributed by atoms with Gasteiger partial charge in [-0.2, -0.15) is 0 Å². The van der Waals surface area contributed by atoms with E-state index in [4.69, 9.17) is 0 Å². The van der Waals surface area contributed by atoms with Crippen LogP contribution in [0.15, 0.2) is 48.5 Å². The Hall–Kier alpha value is -1.80. The van der Waals surface area contributed by atoms with Gasteiger partial charge in [-0.15, -0.1) is 0 Å². The molecule has 1 unspecified atom stereocenters. The van der Waals surface area contributed by atoms with Gasteiger partial charge in [0.2, 0.25) is 0 Å². The third-order valence-electron chi connectivity index (χ3n) is 4.14. The maximum absolute atomic E-state index is 3.46. The maximum Gasteiger partial charge on any atom is 0.0446 e. The normalized spacial score (nSPS) is 17.3. The van der Waals surface area contributed by atoms with Crippen molar-refractivity contribution in [2.75, 3.05) is 4.90 Å². The first kappa shape index (κ1) is 14.2. The number of rotatable bonds is 4. The topological polar surface area (TPSA) is 15.3 Å². The van der Waals surface area contributed by atoms with Gasteiger partial charge in [-0.05, 0) is 42.7 Å². The Morgan fingerprint density at radius 3 is 2.52 bits per heavy atom. The minimum Gasteiger partial charge on any atom is -0.338 e. The SMILES string of the molecule is CC(C)NCc1ccc(N2c3ccccc3CC2C)cc1. The van der Waals surface area contributed by atoms with Gasteiger partial charge < -0.3 is 10.2 Å². The van der Waals surface area contributed by atoms with Crippen molar-refractivity contribution in [3.8, 4) is 0 Å². The second-order valence-corrected chi connectivity index (χ2v) is 6.25. The molecule has 0 aromatic heterocycles. The van der Waals surface area contributed by atoms with Gasteiger partial charge in [0, 0.05) is 30.0 Å². The lowest BCUT2D eigenvalue weighted by Crippen LogP contribution is -2.24. The molecular formula is C19H24N2. The highest BCUT2D eigenvalue weighted by atomic mass is 15.2. The van der Waals surface area contributed by atoms with Crippen molar-refractivity contribution in [1.29, 1.82) is 0 Å². The molecule has 0 spiro atoms. The Morgan fingerprint density at radius 1 is 1.10 bits per heavy atom. The van der Waals surface area contributed by atoms with Crippen LogP contribution in [-0.4, -0.2) is 12.1 Å². The number of nitrogens with zero attached hydrogens (tertiary/aromatic N) is 1. The summed E-state index contributed by atoms with van der Waals surface area (Å²) >= 11 is 0. The standard InChI is InChI=1S/C19H24N2/c1-14(2)20-13-16-8-10-18(11-9-16)21-15(3)12-17-6-4-5-7-19(17)21/h4-11,14-15,20H,12-13H2,1-3H3. The summed E-state index contributed by atoms with van der Waals surface area (Å²) in [6.07, 6.45) is 1.13. The Morgan fingerprint density at radius 2 is 1.81 bits per heavy atom. The van der Waals surface area contributed by atoms with Gasteiger partial charge in [-0.25, -0.2) is 0 Å². The molecule has 0 radical (unpaired) electrons. The Kier molecular flexibility index (Phi) is 3.98. The second-order valence-electron chi connectivity index (χ2n) is 6.25. The van der Waals surface area contributed by atoms with Crippen molar-refractivity contribution >= 4 is 11.4 Å². The van der Waals surface area contributed by atoms with Crippen molar-refractivity contribution in [1.82, 2.24) is 5.32 Å². The van der Waals surface area contributed by atoms with E-state index in [1.54, 1.807) is 0 Å². The summed E-state index contributed by atoms with van der Waals surface area (Å²) in [6, 6.07) is 18.8. The van der Waals surface area contributed by atoms with Gasteiger partial charge in [0.15, 0.2) is 0 Å². The zero-order valence-electron chi connectivity index (χ0n) is 13.1. The van der Waals surface area contributed by atoms with E-state index in [1.165, 1.54) is 22.5 Å². The minimum atomic E-state index is 0.523. The highest BCUT2D eigenvalue weighted by Crippen LogP contribution is 2.37. The Bertz CT molecular complexity index is 601. The molecule has 1 heterocycles. The van der Waals surface area contributed by atoms with Gasteiger partial charge in [0.1, 0.15) is 0 Å². The highest BCUT2D eigenvalue weighted by molar-refractivity contribution is 5.71. The molecule has 110 valence electrons. The van der Waals surface area contributed by atoms with E-state index in [0.717, 1.165) is 13.0 Å². The summed E-state index contributed by atoms with van der Waals surface area (Å²) in [4.78, 5) is 2.45. The molecule has 0 saturated carbocycles. The average Bonchev–Trinajstić information content (AvgIpc) is 2.81. The lowest BCUT2D eigenvalue weighted by Gasteiger charge is -2.25. The second kappa shape index (κ2) is 5.90. The van der Waals surface area contributed by atoms with E-state index in [-0.39, 0.29) is 0 Å². The minimum absolute atomic E-state index is 0.523. The molecule has 1 atom stereocenters. The van der Waals surface area contributed by atoms with Crippen molar-refractivity contribution in [2.24, 2.45) is 0 Å². The van der Waals surface area contributed by atoms with E-state index < -0.39 is 0 Å². The van der Waals surface area contributed by atoms with Gasteiger partial charge >= 0.3 is 0 Å². The van der Waals surface area contributed by atoms with E-state index in [1.807, 2.05) is 0 Å². The predicted octanol–water partition coefficient (Wildman–Crippen LogP) is 4.27. The number of benzene rings is 2. The quantitative estimate of drug-likeness (QED) is 0.900. The molecule has 2 nitrogen and oxygen atoms in total. The van der Waals surface area contributed by atoms with Crippen LogP contribution in [0, 0.1) is 0 Å². The molecule has 1 aliphatic rings. The lowest BCUT2D eigenvalue weighted by molar-refractivity contribution is 0.589. The summed E-state index contributed by atoms with van der Waals surface area (Å²) in [6.45, 7) is 7.59. The summed E-state index contributed by atoms with van der Waals surface area (Å²) in [5, 5.41) is 3.46. The van der Waals surface area contributed by atoms with Gasteiger partial charge in [0.05, 0.1) is 0 Å². The monoisotopic (exact) mass is 280 g/mol. The molecule has 2 aromatic carbocycles. The number of hydrogen-bond acceptors (Lipinski definition) is 2. The third kappa shape index (κ3) is 2.96. The van der Waals surface area contributed by atoms with Crippen LogP contribution in [0.5, 0.6) is 0 Å². The van der Waals surface area contributed by atoms with Crippen molar-refractivity contribution in [3.05, 3.63) is 59.7 Å². The third-order valence-corrected chi connectivity index (χ3v) is 4.14. The number of anilines is 2. The molecule has 2 heteroatoms. The van der Waals surface area contributed by atoms with Crippen molar-refractivity contribution in [2.45, 2.75) is 45.8 Å². The zero-order chi connectivity index (χ0) is 14.8. The van der Waals surface area contributed by atoms with Crippen LogP contribution in [0.4, 0.5) is 11.4 Å². The van der Waals surface area contributed by atoms with Gasteiger partial charge in [0.25, 0.3) is 0 Å². The fourth-order valence-corrected chi connectivity index (χ4v) is 3.06. The van der Waals surface area contributed by atoms with Crippen LogP contribution < -0.4 is 10.2 Å². The van der Waals surface area contributed by atoms with E-state index in [0.29, 0.717) is 12.1 Å². The molecular weight excluding hydrogens is 256 g/mol. The molecule has 0 amide bonds. The molecule has 0 aliphatic carbocycles. The molecule has 0 fully saturated rings. The smallest absolute Gasteiger partial charge is 0.0446 e.